The summed E-state index contributed by atoms with van der Waals surface area (Å²) in [5.74, 6) is 0. The number of hydrogen-bond acceptors (Lipinski definition) is 2. The number of hydrogen-bond donors (Lipinski definition) is 1. The van der Waals surface area contributed by atoms with Gasteiger partial charge in [0, 0.05) is 23.5 Å². The molecule has 0 unspecified atom stereocenters. The number of nitrogens with zero attached hydrogens (tertiary/aromatic N) is 1. The van der Waals surface area contributed by atoms with E-state index in [-0.39, 0.29) is 17.8 Å². The summed E-state index contributed by atoms with van der Waals surface area (Å²) in [4.78, 5) is 2.04. The molecule has 1 aromatic carbocycles. The number of alkyl halides is 3. The summed E-state index contributed by atoms with van der Waals surface area (Å²) in [6, 6.07) is 4.71. The van der Waals surface area contributed by atoms with E-state index in [1.807, 2.05) is 18.7 Å². The Morgan fingerprint density at radius 1 is 1.17 bits per heavy atom. The van der Waals surface area contributed by atoms with Crippen molar-refractivity contribution in [1.29, 1.82) is 0 Å². The Morgan fingerprint density at radius 2 is 1.72 bits per heavy atom. The molecule has 0 bridgehead atoms. The van der Waals surface area contributed by atoms with E-state index in [0.717, 1.165) is 18.9 Å². The van der Waals surface area contributed by atoms with Crippen LogP contribution in [-0.2, 0) is 6.18 Å². The predicted octanol–water partition coefficient (Wildman–Crippen LogP) is 3.66. The fourth-order valence-corrected chi connectivity index (χ4v) is 2.65. The Morgan fingerprint density at radius 3 is 2.22 bits per heavy atom. The molecule has 1 saturated heterocycles. The van der Waals surface area contributed by atoms with Crippen LogP contribution in [0.15, 0.2) is 18.2 Å². The van der Waals surface area contributed by atoms with Gasteiger partial charge in [-0.05, 0) is 44.9 Å². The molecule has 0 aromatic heterocycles. The molecule has 2 nitrogen and oxygen atoms in total. The minimum absolute atomic E-state index is 0.217. The largest absolute Gasteiger partial charge is 0.418 e. The highest BCUT2D eigenvalue weighted by Gasteiger charge is 2.35. The van der Waals surface area contributed by atoms with E-state index >= 15 is 0 Å². The Hall–Kier alpha value is -1.39. The van der Waals surface area contributed by atoms with Gasteiger partial charge in [-0.25, -0.2) is 0 Å². The quantitative estimate of drug-likeness (QED) is 0.779. The Bertz CT molecular complexity index is 432. The van der Waals surface area contributed by atoms with Gasteiger partial charge in [0.1, 0.15) is 0 Å². The van der Waals surface area contributed by atoms with Gasteiger partial charge in [0.25, 0.3) is 0 Å². The third-order valence-electron chi connectivity index (χ3n) is 3.59. The average Bonchev–Trinajstić information content (AvgIpc) is 2.58. The molecule has 2 atom stereocenters. The highest BCUT2D eigenvalue weighted by molar-refractivity contribution is 5.60. The highest BCUT2D eigenvalue weighted by Crippen LogP contribution is 2.38. The van der Waals surface area contributed by atoms with Crippen molar-refractivity contribution < 1.29 is 13.2 Å². The molecule has 0 saturated carbocycles. The molecule has 1 aromatic rings. The lowest BCUT2D eigenvalue weighted by Gasteiger charge is -2.29. The van der Waals surface area contributed by atoms with Gasteiger partial charge < -0.3 is 10.6 Å². The predicted molar refractivity (Wildman–Crippen MR) is 66.5 cm³/mol. The van der Waals surface area contributed by atoms with Gasteiger partial charge in [-0.15, -0.1) is 0 Å². The third-order valence-corrected chi connectivity index (χ3v) is 3.59. The van der Waals surface area contributed by atoms with Crippen LogP contribution >= 0.6 is 0 Å². The summed E-state index contributed by atoms with van der Waals surface area (Å²) in [6.45, 7) is 4.07. The maximum Gasteiger partial charge on any atom is 0.418 e. The van der Waals surface area contributed by atoms with Crippen molar-refractivity contribution in [2.45, 2.75) is 44.9 Å². The molecule has 1 fully saturated rings. The zero-order valence-corrected chi connectivity index (χ0v) is 10.5. The first-order valence-corrected chi connectivity index (χ1v) is 6.05. The number of rotatable bonds is 1. The van der Waals surface area contributed by atoms with Crippen LogP contribution < -0.4 is 10.6 Å². The standard InChI is InChI=1S/C13H17F3N2/c1-8-3-4-9(2)18(8)10-5-6-12(17)11(7-10)13(14,15)16/h5-9H,3-4,17H2,1-2H3/t8-,9-/m1/s1. The zero-order valence-electron chi connectivity index (χ0n) is 10.5. The monoisotopic (exact) mass is 258 g/mol. The van der Waals surface area contributed by atoms with Crippen LogP contribution in [0, 0.1) is 0 Å². The highest BCUT2D eigenvalue weighted by atomic mass is 19.4. The topological polar surface area (TPSA) is 29.3 Å². The van der Waals surface area contributed by atoms with Crippen LogP contribution in [0.5, 0.6) is 0 Å². The summed E-state index contributed by atoms with van der Waals surface area (Å²) in [6.07, 6.45) is -2.38. The van der Waals surface area contributed by atoms with Gasteiger partial charge in [0.15, 0.2) is 0 Å². The normalized spacial score (nSPS) is 24.6. The van der Waals surface area contributed by atoms with E-state index in [1.165, 1.54) is 6.07 Å². The van der Waals surface area contributed by atoms with E-state index in [0.29, 0.717) is 5.69 Å². The van der Waals surface area contributed by atoms with Gasteiger partial charge >= 0.3 is 6.18 Å². The summed E-state index contributed by atoms with van der Waals surface area (Å²) < 4.78 is 38.4. The molecular formula is C13H17F3N2. The van der Waals surface area contributed by atoms with E-state index in [2.05, 4.69) is 0 Å². The van der Waals surface area contributed by atoms with Gasteiger partial charge in [-0.3, -0.25) is 0 Å². The Kier molecular flexibility index (Phi) is 3.17. The van der Waals surface area contributed by atoms with Crippen molar-refractivity contribution in [2.75, 3.05) is 10.6 Å². The van der Waals surface area contributed by atoms with Crippen molar-refractivity contribution in [1.82, 2.24) is 0 Å². The summed E-state index contributed by atoms with van der Waals surface area (Å²) in [5.41, 5.74) is 5.05. The summed E-state index contributed by atoms with van der Waals surface area (Å²) >= 11 is 0. The lowest BCUT2D eigenvalue weighted by molar-refractivity contribution is -0.136. The Balaban J connectivity index is 2.41. The molecule has 0 spiro atoms. The number of nitrogens with two attached hydrogens (primary N) is 1. The molecule has 1 aliphatic heterocycles. The number of nitrogen functional groups attached to an aromatic ring is 1. The molecular weight excluding hydrogens is 241 g/mol. The number of anilines is 2. The molecule has 0 amide bonds. The molecule has 2 rings (SSSR count). The minimum atomic E-state index is -4.40. The lowest BCUT2D eigenvalue weighted by Crippen LogP contribution is -2.32. The average molecular weight is 258 g/mol. The maximum atomic E-state index is 12.8. The fraction of sp³-hybridized carbons (Fsp3) is 0.538. The molecule has 2 N–H and O–H groups in total. The molecule has 0 radical (unpaired) electrons. The Labute approximate surface area is 105 Å². The molecule has 100 valence electrons. The van der Waals surface area contributed by atoms with E-state index in [4.69, 9.17) is 5.73 Å². The van der Waals surface area contributed by atoms with Crippen molar-refractivity contribution in [3.63, 3.8) is 0 Å². The van der Waals surface area contributed by atoms with Crippen LogP contribution in [0.3, 0.4) is 0 Å². The first-order valence-electron chi connectivity index (χ1n) is 6.05. The minimum Gasteiger partial charge on any atom is -0.398 e. The smallest absolute Gasteiger partial charge is 0.398 e. The van der Waals surface area contributed by atoms with Crippen molar-refractivity contribution in [2.24, 2.45) is 0 Å². The van der Waals surface area contributed by atoms with Crippen LogP contribution in [0.1, 0.15) is 32.3 Å². The maximum absolute atomic E-state index is 12.8. The summed E-state index contributed by atoms with van der Waals surface area (Å²) in [7, 11) is 0. The van der Waals surface area contributed by atoms with Crippen LogP contribution in [-0.4, -0.2) is 12.1 Å². The van der Waals surface area contributed by atoms with E-state index in [1.54, 1.807) is 6.07 Å². The van der Waals surface area contributed by atoms with Gasteiger partial charge in [-0.1, -0.05) is 0 Å². The fourth-order valence-electron chi connectivity index (χ4n) is 2.65. The summed E-state index contributed by atoms with van der Waals surface area (Å²) in [5, 5.41) is 0. The second kappa shape index (κ2) is 4.37. The molecule has 1 heterocycles. The van der Waals surface area contributed by atoms with Crippen LogP contribution in [0.2, 0.25) is 0 Å². The van der Waals surface area contributed by atoms with Crippen molar-refractivity contribution >= 4 is 11.4 Å². The first-order chi connectivity index (χ1) is 8.30. The lowest BCUT2D eigenvalue weighted by atomic mass is 10.1. The molecule has 5 heteroatoms. The van der Waals surface area contributed by atoms with Crippen molar-refractivity contribution in [3.8, 4) is 0 Å². The van der Waals surface area contributed by atoms with Crippen molar-refractivity contribution in [3.05, 3.63) is 23.8 Å². The second-order valence-corrected chi connectivity index (χ2v) is 4.95. The van der Waals surface area contributed by atoms with E-state index in [9.17, 15) is 13.2 Å². The van der Waals surface area contributed by atoms with Gasteiger partial charge in [-0.2, -0.15) is 13.2 Å². The molecule has 0 aliphatic carbocycles. The van der Waals surface area contributed by atoms with Gasteiger partial charge in [0.05, 0.1) is 5.56 Å². The number of benzene rings is 1. The zero-order chi connectivity index (χ0) is 13.5. The van der Waals surface area contributed by atoms with Crippen LogP contribution in [0.4, 0.5) is 24.5 Å². The van der Waals surface area contributed by atoms with E-state index < -0.39 is 11.7 Å². The first kappa shape index (κ1) is 13.1. The SMILES string of the molecule is C[C@@H]1CC[C@@H](C)N1c1ccc(N)c(C(F)(F)F)c1. The third kappa shape index (κ3) is 2.26. The molecule has 18 heavy (non-hydrogen) atoms. The number of halogens is 3. The second-order valence-electron chi connectivity index (χ2n) is 4.95. The molecule has 1 aliphatic rings. The van der Waals surface area contributed by atoms with Gasteiger partial charge in [0.2, 0.25) is 0 Å². The van der Waals surface area contributed by atoms with Crippen LogP contribution in [0.25, 0.3) is 0 Å².